The lowest BCUT2D eigenvalue weighted by atomic mass is 10.1. The molecule has 1 aliphatic rings. The number of amides is 1. The molecule has 1 N–H and O–H groups in total. The normalized spacial score (nSPS) is 13.0. The van der Waals surface area contributed by atoms with Crippen molar-refractivity contribution in [2.75, 3.05) is 0 Å². The van der Waals surface area contributed by atoms with E-state index in [-0.39, 0.29) is 28.7 Å². The van der Waals surface area contributed by atoms with Gasteiger partial charge in [-0.25, -0.2) is 9.38 Å². The Morgan fingerprint density at radius 3 is 2.56 bits per heavy atom. The molecule has 2 heterocycles. The van der Waals surface area contributed by atoms with E-state index in [1.807, 2.05) is 0 Å². The third kappa shape index (κ3) is 2.58. The van der Waals surface area contributed by atoms with Gasteiger partial charge in [0.15, 0.2) is 0 Å². The number of hydrogen-bond donors (Lipinski definition) is 1. The number of fused-ring (bicyclic) bond motifs is 1. The molecule has 0 unspecified atom stereocenters. The predicted molar refractivity (Wildman–Crippen MR) is 90.5 cm³/mol. The zero-order valence-electron chi connectivity index (χ0n) is 12.8. The van der Waals surface area contributed by atoms with Gasteiger partial charge in [-0.15, -0.1) is 0 Å². The lowest BCUT2D eigenvalue weighted by molar-refractivity contribution is -0.112. The number of carbonyl (C=O) groups excluding carboxylic acids is 1. The van der Waals surface area contributed by atoms with Crippen LogP contribution in [-0.4, -0.2) is 15.6 Å². The van der Waals surface area contributed by atoms with Gasteiger partial charge < -0.3 is 5.11 Å². The summed E-state index contributed by atoms with van der Waals surface area (Å²) < 4.78 is 14.2. The van der Waals surface area contributed by atoms with Gasteiger partial charge in [-0.2, -0.15) is 0 Å². The summed E-state index contributed by atoms with van der Waals surface area (Å²) in [7, 11) is 0. The molecule has 0 spiro atoms. The average Bonchev–Trinajstić information content (AvgIpc) is 3.06. The largest absolute Gasteiger partial charge is 0.493 e. The highest BCUT2D eigenvalue weighted by Crippen LogP contribution is 2.28. The molecule has 3 aromatic rings. The fourth-order valence-corrected chi connectivity index (χ4v) is 3.69. The number of para-hydroxylation sites is 1. The van der Waals surface area contributed by atoms with Crippen LogP contribution in [-0.2, 0) is 11.3 Å². The Kier molecular flexibility index (Phi) is 3.58. The first-order chi connectivity index (χ1) is 12.0. The van der Waals surface area contributed by atoms with E-state index in [0.29, 0.717) is 16.1 Å². The predicted octanol–water partition coefficient (Wildman–Crippen LogP) is 1.16. The summed E-state index contributed by atoms with van der Waals surface area (Å²) in [5.74, 6) is -1.14. The second kappa shape index (κ2) is 5.78. The summed E-state index contributed by atoms with van der Waals surface area (Å²) in [5, 5.41) is 11.6. The van der Waals surface area contributed by atoms with Crippen LogP contribution in [0, 0.1) is 5.82 Å². The highest BCUT2D eigenvalue weighted by atomic mass is 32.1. The van der Waals surface area contributed by atoms with Gasteiger partial charge in [0, 0.05) is 5.22 Å². The van der Waals surface area contributed by atoms with Gasteiger partial charge in [-0.3, -0.25) is 14.2 Å². The number of halogens is 1. The summed E-state index contributed by atoms with van der Waals surface area (Å²) in [6, 6.07) is 12.6. The number of carbonyl (C=O) groups is 1. The SMILES string of the molecule is O=C1N=c2ccccc2=C1c1sc(=O)n(Cc2ccc(F)cc2)c1O. The van der Waals surface area contributed by atoms with Gasteiger partial charge >= 0.3 is 4.87 Å². The number of hydrogen-bond acceptors (Lipinski definition) is 4. The van der Waals surface area contributed by atoms with Crippen LogP contribution < -0.4 is 15.4 Å². The number of aromatic hydroxyl groups is 1. The monoisotopic (exact) mass is 354 g/mol. The molecule has 0 aliphatic carbocycles. The van der Waals surface area contributed by atoms with Crippen LogP contribution in [0.25, 0.3) is 5.57 Å². The van der Waals surface area contributed by atoms with Crippen molar-refractivity contribution in [2.45, 2.75) is 6.54 Å². The van der Waals surface area contributed by atoms with E-state index >= 15 is 0 Å². The number of benzene rings is 2. The van der Waals surface area contributed by atoms with Crippen LogP contribution >= 0.6 is 11.3 Å². The fraction of sp³-hybridized carbons (Fsp3) is 0.0556. The molecule has 4 rings (SSSR count). The lowest BCUT2D eigenvalue weighted by Gasteiger charge is -2.05. The highest BCUT2D eigenvalue weighted by molar-refractivity contribution is 7.11. The van der Waals surface area contributed by atoms with Gasteiger partial charge in [0.25, 0.3) is 5.91 Å². The van der Waals surface area contributed by atoms with Crippen molar-refractivity contribution in [3.8, 4) is 5.88 Å². The molecule has 0 saturated heterocycles. The van der Waals surface area contributed by atoms with Crippen molar-refractivity contribution in [1.82, 2.24) is 4.57 Å². The molecule has 25 heavy (non-hydrogen) atoms. The maximum absolute atomic E-state index is 13.0. The van der Waals surface area contributed by atoms with Gasteiger partial charge in [0.2, 0.25) is 5.88 Å². The second-order valence-corrected chi connectivity index (χ2v) is 6.50. The van der Waals surface area contributed by atoms with E-state index in [1.165, 1.54) is 24.3 Å². The minimum atomic E-state index is -0.480. The average molecular weight is 354 g/mol. The summed E-state index contributed by atoms with van der Waals surface area (Å²) in [6.07, 6.45) is 0. The van der Waals surface area contributed by atoms with E-state index in [9.17, 15) is 19.1 Å². The number of rotatable bonds is 3. The molecule has 0 radical (unpaired) electrons. The smallest absolute Gasteiger partial charge is 0.310 e. The minimum Gasteiger partial charge on any atom is -0.493 e. The van der Waals surface area contributed by atoms with Crippen molar-refractivity contribution in [3.05, 3.63) is 85.0 Å². The van der Waals surface area contributed by atoms with Crippen molar-refractivity contribution < 1.29 is 14.3 Å². The Bertz CT molecular complexity index is 1180. The van der Waals surface area contributed by atoms with Crippen LogP contribution in [0.4, 0.5) is 4.39 Å². The maximum atomic E-state index is 13.0. The van der Waals surface area contributed by atoms with Crippen LogP contribution in [0.15, 0.2) is 58.3 Å². The molecule has 2 aromatic carbocycles. The number of nitrogens with zero attached hydrogens (tertiary/aromatic N) is 2. The van der Waals surface area contributed by atoms with Crippen LogP contribution in [0.1, 0.15) is 10.4 Å². The fourth-order valence-electron chi connectivity index (χ4n) is 2.75. The van der Waals surface area contributed by atoms with Crippen molar-refractivity contribution >= 4 is 22.8 Å². The summed E-state index contributed by atoms with van der Waals surface area (Å²) in [5.41, 5.74) is 0.893. The van der Waals surface area contributed by atoms with Crippen LogP contribution in [0.2, 0.25) is 0 Å². The second-order valence-electron chi connectivity index (χ2n) is 5.54. The molecule has 7 heteroatoms. The molecule has 0 fully saturated rings. The Labute approximate surface area is 144 Å². The van der Waals surface area contributed by atoms with E-state index < -0.39 is 10.8 Å². The first-order valence-corrected chi connectivity index (χ1v) is 8.26. The molecule has 1 amide bonds. The van der Waals surface area contributed by atoms with E-state index in [4.69, 9.17) is 0 Å². The molecular formula is C18H11FN2O3S. The van der Waals surface area contributed by atoms with E-state index in [2.05, 4.69) is 4.99 Å². The molecule has 1 aromatic heterocycles. The van der Waals surface area contributed by atoms with Crippen molar-refractivity contribution in [1.29, 1.82) is 0 Å². The van der Waals surface area contributed by atoms with E-state index in [0.717, 1.165) is 15.9 Å². The first-order valence-electron chi connectivity index (χ1n) is 7.44. The number of aromatic nitrogens is 1. The third-order valence-corrected chi connectivity index (χ3v) is 4.94. The molecule has 0 atom stereocenters. The van der Waals surface area contributed by atoms with E-state index in [1.54, 1.807) is 24.3 Å². The summed E-state index contributed by atoms with van der Waals surface area (Å²) in [4.78, 5) is 28.3. The topological polar surface area (TPSA) is 71.7 Å². The first kappa shape index (κ1) is 15.5. The Hall–Kier alpha value is -3.06. The summed E-state index contributed by atoms with van der Waals surface area (Å²) in [6.45, 7) is 0.0850. The lowest BCUT2D eigenvalue weighted by Crippen LogP contribution is -2.22. The highest BCUT2D eigenvalue weighted by Gasteiger charge is 2.25. The minimum absolute atomic E-state index is 0.0850. The zero-order valence-corrected chi connectivity index (χ0v) is 13.6. The zero-order chi connectivity index (χ0) is 17.6. The Morgan fingerprint density at radius 1 is 1.08 bits per heavy atom. The molecule has 1 aliphatic heterocycles. The van der Waals surface area contributed by atoms with Gasteiger partial charge in [0.1, 0.15) is 10.7 Å². The van der Waals surface area contributed by atoms with Gasteiger partial charge in [-0.1, -0.05) is 41.7 Å². The third-order valence-electron chi connectivity index (χ3n) is 3.96. The molecular weight excluding hydrogens is 343 g/mol. The van der Waals surface area contributed by atoms with Gasteiger partial charge in [0.05, 0.1) is 17.5 Å². The molecule has 0 saturated carbocycles. The maximum Gasteiger partial charge on any atom is 0.310 e. The Balaban J connectivity index is 1.85. The van der Waals surface area contributed by atoms with Crippen molar-refractivity contribution in [3.63, 3.8) is 0 Å². The van der Waals surface area contributed by atoms with Gasteiger partial charge in [-0.05, 0) is 23.8 Å². The number of thiazole rings is 1. The van der Waals surface area contributed by atoms with Crippen LogP contribution in [0.3, 0.4) is 0 Å². The molecule has 124 valence electrons. The van der Waals surface area contributed by atoms with Crippen molar-refractivity contribution in [2.24, 2.45) is 4.99 Å². The van der Waals surface area contributed by atoms with Crippen LogP contribution in [0.5, 0.6) is 5.88 Å². The molecule has 0 bridgehead atoms. The summed E-state index contributed by atoms with van der Waals surface area (Å²) >= 11 is 0.793. The standard InChI is InChI=1S/C18H11FN2O3S/c19-11-7-5-10(6-8-11)9-21-17(23)15(25-18(21)24)14-12-3-1-2-4-13(12)20-16(14)22/h1-8,23H,9H2. The Morgan fingerprint density at radius 2 is 1.80 bits per heavy atom. The molecule has 5 nitrogen and oxygen atoms in total. The quantitative estimate of drug-likeness (QED) is 0.767.